The first-order chi connectivity index (χ1) is 15.0. The molecule has 0 bridgehead atoms. The Labute approximate surface area is 183 Å². The predicted octanol–water partition coefficient (Wildman–Crippen LogP) is 3.54. The average molecular weight is 419 g/mol. The molecule has 31 heavy (non-hydrogen) atoms. The van der Waals surface area contributed by atoms with Crippen LogP contribution < -0.4 is 11.1 Å². The van der Waals surface area contributed by atoms with Gasteiger partial charge in [-0.3, -0.25) is 4.98 Å². The zero-order valence-electron chi connectivity index (χ0n) is 18.9. The Balaban J connectivity index is 1.91. The summed E-state index contributed by atoms with van der Waals surface area (Å²) >= 11 is 0. The molecule has 3 aromatic heterocycles. The van der Waals surface area contributed by atoms with Crippen molar-refractivity contribution < 1.29 is 0 Å². The van der Waals surface area contributed by atoms with Crippen LogP contribution in [-0.4, -0.2) is 43.2 Å². The van der Waals surface area contributed by atoms with Gasteiger partial charge in [0.1, 0.15) is 23.7 Å². The lowest BCUT2D eigenvalue weighted by atomic mass is 10.2. The highest BCUT2D eigenvalue weighted by molar-refractivity contribution is 5.90. The summed E-state index contributed by atoms with van der Waals surface area (Å²) in [7, 11) is 2.09. The highest BCUT2D eigenvalue weighted by Gasteiger charge is 2.13. The Hall–Kier alpha value is -3.60. The minimum Gasteiger partial charge on any atom is -0.383 e. The van der Waals surface area contributed by atoms with Crippen molar-refractivity contribution >= 4 is 22.5 Å². The third kappa shape index (κ3) is 4.94. The first kappa shape index (κ1) is 22.1. The Morgan fingerprint density at radius 3 is 2.77 bits per heavy atom. The number of pyridine rings is 1. The number of fused-ring (bicyclic) bond motifs is 1. The molecule has 0 radical (unpaired) electrons. The number of allylic oxidation sites excluding steroid dienone is 1. The number of nitrogen functional groups attached to an aromatic ring is 1. The SMILES string of the molecule is CC=C(Nc1cnc(C)c(C#Cc2nn(CC)c3ncnc(N)c23)c1)N(C)CCCC. The molecule has 0 fully saturated rings. The van der Waals surface area contributed by atoms with E-state index >= 15 is 0 Å². The summed E-state index contributed by atoms with van der Waals surface area (Å²) < 4.78 is 1.78. The topological polar surface area (TPSA) is 97.8 Å². The van der Waals surface area contributed by atoms with Crippen LogP contribution in [0.15, 0.2) is 30.5 Å². The molecule has 3 heterocycles. The number of nitrogens with two attached hydrogens (primary N) is 1. The van der Waals surface area contributed by atoms with Crippen LogP contribution >= 0.6 is 0 Å². The number of aryl methyl sites for hydroxylation is 2. The van der Waals surface area contributed by atoms with Gasteiger partial charge in [0.05, 0.1) is 23.0 Å². The summed E-state index contributed by atoms with van der Waals surface area (Å²) in [6.07, 6.45) is 7.63. The van der Waals surface area contributed by atoms with Gasteiger partial charge >= 0.3 is 0 Å². The second-order valence-corrected chi connectivity index (χ2v) is 7.30. The standard InChI is InChI=1S/C23H30N8/c1-6-9-12-30(5)20(7-2)28-18-13-17(16(4)25-14-18)10-11-19-21-22(24)26-15-27-23(21)31(8-3)29-19/h7,13-15,28H,6,8-9,12H2,1-5H3,(H2,24,26,27). The molecule has 0 unspecified atom stereocenters. The van der Waals surface area contributed by atoms with E-state index in [1.165, 1.54) is 6.33 Å². The van der Waals surface area contributed by atoms with Gasteiger partial charge in [-0.05, 0) is 45.3 Å². The second-order valence-electron chi connectivity index (χ2n) is 7.30. The minimum absolute atomic E-state index is 0.382. The van der Waals surface area contributed by atoms with Gasteiger partial charge in [-0.25, -0.2) is 14.6 Å². The van der Waals surface area contributed by atoms with Crippen LogP contribution in [0.1, 0.15) is 50.6 Å². The van der Waals surface area contributed by atoms with Gasteiger partial charge in [0.15, 0.2) is 5.65 Å². The molecule has 8 nitrogen and oxygen atoms in total. The molecule has 3 rings (SSSR count). The Kier molecular flexibility index (Phi) is 7.08. The third-order valence-electron chi connectivity index (χ3n) is 5.06. The monoisotopic (exact) mass is 418 g/mol. The minimum atomic E-state index is 0.382. The smallest absolute Gasteiger partial charge is 0.164 e. The average Bonchev–Trinajstić information content (AvgIpc) is 3.15. The molecule has 0 amide bonds. The van der Waals surface area contributed by atoms with E-state index in [9.17, 15) is 0 Å². The molecule has 0 spiro atoms. The van der Waals surface area contributed by atoms with Gasteiger partial charge in [-0.15, -0.1) is 0 Å². The Bertz CT molecular complexity index is 1150. The van der Waals surface area contributed by atoms with Crippen LogP contribution in [0.4, 0.5) is 11.5 Å². The molecule has 0 saturated carbocycles. The zero-order chi connectivity index (χ0) is 22.4. The maximum atomic E-state index is 6.08. The molecule has 0 aliphatic heterocycles. The number of hydrogen-bond donors (Lipinski definition) is 2. The van der Waals surface area contributed by atoms with Crippen molar-refractivity contribution in [1.29, 1.82) is 0 Å². The third-order valence-corrected chi connectivity index (χ3v) is 5.06. The van der Waals surface area contributed by atoms with E-state index < -0.39 is 0 Å². The lowest BCUT2D eigenvalue weighted by molar-refractivity contribution is 0.409. The summed E-state index contributed by atoms with van der Waals surface area (Å²) in [5.41, 5.74) is 9.90. The number of nitrogens with zero attached hydrogens (tertiary/aromatic N) is 6. The first-order valence-corrected chi connectivity index (χ1v) is 10.6. The summed E-state index contributed by atoms with van der Waals surface area (Å²) in [4.78, 5) is 15.1. The van der Waals surface area contributed by atoms with Gasteiger partial charge in [0.25, 0.3) is 0 Å². The van der Waals surface area contributed by atoms with Crippen molar-refractivity contribution in [3.05, 3.63) is 47.4 Å². The van der Waals surface area contributed by atoms with Crippen LogP contribution in [0.2, 0.25) is 0 Å². The summed E-state index contributed by atoms with van der Waals surface area (Å²) in [5, 5.41) is 8.70. The fraction of sp³-hybridized carbons (Fsp3) is 0.391. The van der Waals surface area contributed by atoms with Crippen molar-refractivity contribution in [3.63, 3.8) is 0 Å². The Morgan fingerprint density at radius 1 is 1.26 bits per heavy atom. The van der Waals surface area contributed by atoms with Gasteiger partial charge in [0.2, 0.25) is 0 Å². The van der Waals surface area contributed by atoms with Crippen LogP contribution in [0.3, 0.4) is 0 Å². The van der Waals surface area contributed by atoms with Crippen molar-refractivity contribution in [2.75, 3.05) is 24.6 Å². The summed E-state index contributed by atoms with van der Waals surface area (Å²) in [6.45, 7) is 9.82. The fourth-order valence-electron chi connectivity index (χ4n) is 3.24. The molecule has 0 aromatic carbocycles. The normalized spacial score (nSPS) is 11.3. The maximum absolute atomic E-state index is 6.08. The number of aromatic nitrogens is 5. The van der Waals surface area contributed by atoms with Crippen LogP contribution in [0.5, 0.6) is 0 Å². The molecular weight excluding hydrogens is 388 g/mol. The van der Waals surface area contributed by atoms with E-state index in [-0.39, 0.29) is 0 Å². The predicted molar refractivity (Wildman–Crippen MR) is 125 cm³/mol. The van der Waals surface area contributed by atoms with Crippen molar-refractivity contribution in [2.24, 2.45) is 0 Å². The largest absolute Gasteiger partial charge is 0.383 e. The molecule has 0 saturated heterocycles. The summed E-state index contributed by atoms with van der Waals surface area (Å²) in [5.74, 6) is 7.78. The van der Waals surface area contributed by atoms with Gasteiger partial charge in [-0.1, -0.05) is 19.3 Å². The first-order valence-electron chi connectivity index (χ1n) is 10.6. The van der Waals surface area contributed by atoms with E-state index in [1.807, 2.05) is 33.0 Å². The quantitative estimate of drug-likeness (QED) is 0.566. The lowest BCUT2D eigenvalue weighted by Gasteiger charge is -2.23. The van der Waals surface area contributed by atoms with Crippen molar-refractivity contribution in [3.8, 4) is 11.8 Å². The number of anilines is 2. The molecule has 0 aliphatic carbocycles. The van der Waals surface area contributed by atoms with E-state index in [4.69, 9.17) is 5.73 Å². The second kappa shape index (κ2) is 9.94. The van der Waals surface area contributed by atoms with Gasteiger partial charge in [0, 0.05) is 25.7 Å². The van der Waals surface area contributed by atoms with Crippen LogP contribution in [-0.2, 0) is 6.54 Å². The van der Waals surface area contributed by atoms with E-state index in [0.29, 0.717) is 29.1 Å². The number of unbranched alkanes of at least 4 members (excludes halogenated alkanes) is 1. The molecule has 3 aromatic rings. The molecule has 3 N–H and O–H groups in total. The number of nitrogens with one attached hydrogen (secondary N) is 1. The molecule has 8 heteroatoms. The number of hydrogen-bond acceptors (Lipinski definition) is 7. The van der Waals surface area contributed by atoms with Gasteiger partial charge < -0.3 is 16.0 Å². The highest BCUT2D eigenvalue weighted by Crippen LogP contribution is 2.21. The van der Waals surface area contributed by atoms with Gasteiger partial charge in [-0.2, -0.15) is 5.10 Å². The van der Waals surface area contributed by atoms with Crippen molar-refractivity contribution in [1.82, 2.24) is 29.6 Å². The zero-order valence-corrected chi connectivity index (χ0v) is 18.9. The number of rotatable bonds is 7. The van der Waals surface area contributed by atoms with E-state index in [0.717, 1.165) is 42.2 Å². The highest BCUT2D eigenvalue weighted by atomic mass is 15.3. The molecule has 0 aliphatic rings. The summed E-state index contributed by atoms with van der Waals surface area (Å²) in [6, 6.07) is 2.01. The fourth-order valence-corrected chi connectivity index (χ4v) is 3.24. The van der Waals surface area contributed by atoms with E-state index in [2.05, 4.69) is 62.2 Å². The molecule has 0 atom stereocenters. The Morgan fingerprint density at radius 2 is 2.06 bits per heavy atom. The molecule has 162 valence electrons. The van der Waals surface area contributed by atoms with Crippen LogP contribution in [0, 0.1) is 18.8 Å². The van der Waals surface area contributed by atoms with Crippen molar-refractivity contribution in [2.45, 2.75) is 47.1 Å². The van der Waals surface area contributed by atoms with Crippen LogP contribution in [0.25, 0.3) is 11.0 Å². The maximum Gasteiger partial charge on any atom is 0.164 e. The lowest BCUT2D eigenvalue weighted by Crippen LogP contribution is -2.24. The van der Waals surface area contributed by atoms with E-state index in [1.54, 1.807) is 4.68 Å². The molecular formula is C23H30N8.